The minimum Gasteiger partial charge on any atom is -0.496 e. The van der Waals surface area contributed by atoms with Crippen molar-refractivity contribution in [3.05, 3.63) is 63.4 Å². The third kappa shape index (κ3) is 3.61. The van der Waals surface area contributed by atoms with E-state index in [1.54, 1.807) is 6.07 Å². The number of hydrogen-bond acceptors (Lipinski definition) is 1. The van der Waals surface area contributed by atoms with E-state index in [4.69, 9.17) is 4.74 Å². The molecule has 21 heavy (non-hydrogen) atoms. The van der Waals surface area contributed by atoms with Crippen LogP contribution in [-0.4, -0.2) is 7.11 Å². The number of ether oxygens (including phenoxy) is 1. The van der Waals surface area contributed by atoms with E-state index < -0.39 is 17.5 Å². The van der Waals surface area contributed by atoms with Gasteiger partial charge >= 0.3 is 0 Å². The Morgan fingerprint density at radius 1 is 1.14 bits per heavy atom. The lowest BCUT2D eigenvalue weighted by atomic mass is 10.0. The van der Waals surface area contributed by atoms with Gasteiger partial charge < -0.3 is 4.74 Å². The van der Waals surface area contributed by atoms with Crippen molar-refractivity contribution >= 4 is 31.9 Å². The Hall–Kier alpha value is -1.01. The second kappa shape index (κ2) is 6.83. The summed E-state index contributed by atoms with van der Waals surface area (Å²) < 4.78 is 45.8. The first kappa shape index (κ1) is 16.4. The number of alkyl halides is 1. The molecule has 0 amide bonds. The predicted octanol–water partition coefficient (Wildman–Crippen LogP) is 5.55. The lowest BCUT2D eigenvalue weighted by Gasteiger charge is -2.16. The zero-order valence-electron chi connectivity index (χ0n) is 11.0. The first-order valence-electron chi connectivity index (χ1n) is 6.04. The van der Waals surface area contributed by atoms with Gasteiger partial charge in [-0.05, 0) is 40.0 Å². The van der Waals surface area contributed by atoms with Gasteiger partial charge in [0.05, 0.1) is 11.6 Å². The minimum atomic E-state index is -0.889. The molecule has 0 fully saturated rings. The molecule has 0 aliphatic rings. The summed E-state index contributed by atoms with van der Waals surface area (Å²) >= 11 is 6.52. The average Bonchev–Trinajstić information content (AvgIpc) is 2.46. The number of methoxy groups -OCH3 is 1. The fourth-order valence-corrected chi connectivity index (χ4v) is 3.04. The van der Waals surface area contributed by atoms with Gasteiger partial charge in [0.1, 0.15) is 11.6 Å². The summed E-state index contributed by atoms with van der Waals surface area (Å²) in [5.74, 6) is -1.87. The van der Waals surface area contributed by atoms with Crippen LogP contribution in [0.4, 0.5) is 13.2 Å². The second-order valence-electron chi connectivity index (χ2n) is 4.39. The summed E-state index contributed by atoms with van der Waals surface area (Å²) in [4.78, 5) is -0.347. The summed E-state index contributed by atoms with van der Waals surface area (Å²) in [7, 11) is 1.43. The van der Waals surface area contributed by atoms with Gasteiger partial charge in [-0.1, -0.05) is 28.1 Å². The Bertz CT molecular complexity index is 662. The molecule has 0 bridgehead atoms. The van der Waals surface area contributed by atoms with Crippen molar-refractivity contribution in [3.63, 3.8) is 0 Å². The lowest BCUT2D eigenvalue weighted by molar-refractivity contribution is 0.405. The lowest BCUT2D eigenvalue weighted by Crippen LogP contribution is -2.02. The number of benzene rings is 2. The van der Waals surface area contributed by atoms with Gasteiger partial charge in [0.15, 0.2) is 11.6 Å². The highest BCUT2D eigenvalue weighted by atomic mass is 79.9. The van der Waals surface area contributed by atoms with Crippen molar-refractivity contribution in [3.8, 4) is 5.75 Å². The van der Waals surface area contributed by atoms with Crippen molar-refractivity contribution in [1.29, 1.82) is 0 Å². The predicted molar refractivity (Wildman–Crippen MR) is 82.4 cm³/mol. The maximum atomic E-state index is 13.7. The topological polar surface area (TPSA) is 9.23 Å². The minimum absolute atomic E-state index is 0.206. The van der Waals surface area contributed by atoms with Gasteiger partial charge in [0.25, 0.3) is 0 Å². The van der Waals surface area contributed by atoms with Crippen LogP contribution in [0, 0.1) is 17.5 Å². The van der Waals surface area contributed by atoms with Gasteiger partial charge in [0.2, 0.25) is 0 Å². The fraction of sp³-hybridized carbons (Fsp3) is 0.200. The molecule has 0 aliphatic carbocycles. The normalized spacial score (nSPS) is 12.3. The summed E-state index contributed by atoms with van der Waals surface area (Å²) in [5.41, 5.74) is 0.883. The number of rotatable bonds is 4. The Morgan fingerprint density at radius 3 is 2.52 bits per heavy atom. The van der Waals surface area contributed by atoms with Crippen LogP contribution in [0.15, 0.2) is 34.8 Å². The van der Waals surface area contributed by atoms with Crippen LogP contribution < -0.4 is 4.74 Å². The van der Waals surface area contributed by atoms with Crippen LogP contribution in [-0.2, 0) is 6.42 Å². The van der Waals surface area contributed by atoms with Crippen LogP contribution in [0.25, 0.3) is 0 Å². The highest BCUT2D eigenvalue weighted by Gasteiger charge is 2.19. The molecular formula is C15H11Br2F3O. The van der Waals surface area contributed by atoms with Crippen molar-refractivity contribution < 1.29 is 17.9 Å². The Kier molecular flexibility index (Phi) is 5.32. The molecule has 2 aromatic carbocycles. The zero-order valence-corrected chi connectivity index (χ0v) is 14.1. The van der Waals surface area contributed by atoms with Gasteiger partial charge in [-0.25, -0.2) is 13.2 Å². The van der Waals surface area contributed by atoms with E-state index in [0.717, 1.165) is 6.07 Å². The van der Waals surface area contributed by atoms with Crippen LogP contribution in [0.2, 0.25) is 0 Å². The molecule has 1 unspecified atom stereocenters. The summed E-state index contributed by atoms with van der Waals surface area (Å²) in [6.07, 6.45) is 0.206. The van der Waals surface area contributed by atoms with E-state index in [1.807, 2.05) is 0 Å². The summed E-state index contributed by atoms with van der Waals surface area (Å²) in [5, 5.41) is 0. The molecular weight excluding hydrogens is 413 g/mol. The van der Waals surface area contributed by atoms with Crippen molar-refractivity contribution in [2.75, 3.05) is 7.11 Å². The molecule has 1 nitrogen and oxygen atoms in total. The van der Waals surface area contributed by atoms with E-state index >= 15 is 0 Å². The molecule has 112 valence electrons. The summed E-state index contributed by atoms with van der Waals surface area (Å²) in [6, 6.07) is 6.83. The maximum absolute atomic E-state index is 13.7. The molecule has 0 heterocycles. The van der Waals surface area contributed by atoms with Crippen LogP contribution in [0.1, 0.15) is 16.0 Å². The molecule has 1 atom stereocenters. The monoisotopic (exact) mass is 422 g/mol. The molecule has 0 aromatic heterocycles. The van der Waals surface area contributed by atoms with Crippen LogP contribution >= 0.6 is 31.9 Å². The summed E-state index contributed by atoms with van der Waals surface area (Å²) in [6.45, 7) is 0. The third-order valence-electron chi connectivity index (χ3n) is 3.04. The second-order valence-corrected chi connectivity index (χ2v) is 6.35. The van der Waals surface area contributed by atoms with Crippen molar-refractivity contribution in [2.45, 2.75) is 11.2 Å². The first-order chi connectivity index (χ1) is 9.93. The highest BCUT2D eigenvalue weighted by Crippen LogP contribution is 2.37. The number of hydrogen-bond donors (Lipinski definition) is 0. The molecule has 0 saturated heterocycles. The van der Waals surface area contributed by atoms with Crippen LogP contribution in [0.3, 0.4) is 0 Å². The molecule has 2 aromatic rings. The van der Waals surface area contributed by atoms with E-state index in [-0.39, 0.29) is 21.3 Å². The average molecular weight is 424 g/mol. The quantitative estimate of drug-likeness (QED) is 0.585. The van der Waals surface area contributed by atoms with Gasteiger partial charge in [-0.2, -0.15) is 0 Å². The SMILES string of the molecule is COc1cc(F)c(Br)cc1C(Br)Cc1cccc(F)c1F. The van der Waals surface area contributed by atoms with E-state index in [1.165, 1.54) is 25.3 Å². The molecule has 0 saturated carbocycles. The van der Waals surface area contributed by atoms with Gasteiger partial charge in [-0.15, -0.1) is 0 Å². The third-order valence-corrected chi connectivity index (χ3v) is 4.47. The smallest absolute Gasteiger partial charge is 0.162 e. The molecule has 6 heteroatoms. The standard InChI is InChI=1S/C15H11Br2F3O/c1-21-14-7-13(19)11(17)6-9(14)10(16)5-8-3-2-4-12(18)15(8)20/h2-4,6-7,10H,5H2,1H3. The fourth-order valence-electron chi connectivity index (χ4n) is 1.97. The van der Waals surface area contributed by atoms with Crippen molar-refractivity contribution in [1.82, 2.24) is 0 Å². The molecule has 0 spiro atoms. The molecule has 0 radical (unpaired) electrons. The Balaban J connectivity index is 2.34. The number of halogens is 5. The van der Waals surface area contributed by atoms with Crippen LogP contribution in [0.5, 0.6) is 5.75 Å². The molecule has 0 aliphatic heterocycles. The molecule has 2 rings (SSSR count). The Morgan fingerprint density at radius 2 is 1.86 bits per heavy atom. The van der Waals surface area contributed by atoms with Crippen molar-refractivity contribution in [2.24, 2.45) is 0 Å². The van der Waals surface area contributed by atoms with E-state index in [9.17, 15) is 13.2 Å². The highest BCUT2D eigenvalue weighted by molar-refractivity contribution is 9.10. The Labute approximate surface area is 137 Å². The molecule has 0 N–H and O–H groups in total. The van der Waals surface area contributed by atoms with E-state index in [2.05, 4.69) is 31.9 Å². The first-order valence-corrected chi connectivity index (χ1v) is 7.74. The zero-order chi connectivity index (χ0) is 15.6. The van der Waals surface area contributed by atoms with E-state index in [0.29, 0.717) is 11.3 Å². The van der Waals surface area contributed by atoms with Gasteiger partial charge in [0, 0.05) is 16.5 Å². The maximum Gasteiger partial charge on any atom is 0.162 e. The van der Waals surface area contributed by atoms with Gasteiger partial charge in [-0.3, -0.25) is 0 Å². The largest absolute Gasteiger partial charge is 0.496 e.